The van der Waals surface area contributed by atoms with Gasteiger partial charge in [0.15, 0.2) is 0 Å². The quantitative estimate of drug-likeness (QED) is 0.156. The smallest absolute Gasteiger partial charge is 0.00199 e. The van der Waals surface area contributed by atoms with Crippen LogP contribution in [0, 0.1) is 0 Å². The van der Waals surface area contributed by atoms with Crippen LogP contribution in [-0.4, -0.2) is 0 Å². The van der Waals surface area contributed by atoms with E-state index in [0.717, 1.165) is 5.57 Å². The van der Waals surface area contributed by atoms with Gasteiger partial charge in [-0.25, -0.2) is 0 Å². The molecule has 0 saturated heterocycles. The molecule has 0 aliphatic carbocycles. The van der Waals surface area contributed by atoms with Crippen LogP contribution < -0.4 is 0 Å². The highest BCUT2D eigenvalue weighted by molar-refractivity contribution is 6.23. The molecule has 7 aromatic carbocycles. The van der Waals surface area contributed by atoms with Crippen LogP contribution in [0.25, 0.3) is 70.9 Å². The number of hydrogen-bond donors (Lipinski definition) is 0. The average molecular weight is 523 g/mol. The van der Waals surface area contributed by atoms with E-state index in [9.17, 15) is 0 Å². The molecule has 0 amide bonds. The maximum atomic E-state index is 4.03. The predicted molar refractivity (Wildman–Crippen MR) is 180 cm³/mol. The van der Waals surface area contributed by atoms with Crippen molar-refractivity contribution < 1.29 is 0 Å². The molecule has 0 aliphatic heterocycles. The third-order valence-corrected chi connectivity index (χ3v) is 8.08. The summed E-state index contributed by atoms with van der Waals surface area (Å²) in [4.78, 5) is 0. The topological polar surface area (TPSA) is 0 Å². The van der Waals surface area contributed by atoms with Crippen molar-refractivity contribution in [2.24, 2.45) is 0 Å². The minimum Gasteiger partial charge on any atom is -0.0990 e. The molecule has 0 fully saturated rings. The summed E-state index contributed by atoms with van der Waals surface area (Å²) in [6, 6.07) is 46.6. The highest BCUT2D eigenvalue weighted by Crippen LogP contribution is 2.46. The highest BCUT2D eigenvalue weighted by atomic mass is 14.2. The van der Waals surface area contributed by atoms with E-state index in [-0.39, 0.29) is 0 Å². The largest absolute Gasteiger partial charge is 0.0990 e. The summed E-state index contributed by atoms with van der Waals surface area (Å²) in [5.41, 5.74) is 7.37. The normalized spacial score (nSPS) is 12.2. The van der Waals surface area contributed by atoms with Gasteiger partial charge < -0.3 is 0 Å². The zero-order valence-corrected chi connectivity index (χ0v) is 23.1. The second kappa shape index (κ2) is 10.4. The SMILES string of the molecule is C=C/C=C(\C=C/C)c1cc2ccccc2cc1-c1c2ccccc2c(-c2ccc3ccccc3c2)c2ccccc12. The molecule has 0 spiro atoms. The molecule has 7 rings (SSSR count). The van der Waals surface area contributed by atoms with Crippen LogP contribution in [0.3, 0.4) is 0 Å². The van der Waals surface area contributed by atoms with E-state index in [2.05, 4.69) is 159 Å². The predicted octanol–water partition coefficient (Wildman–Crippen LogP) is 11.8. The zero-order valence-electron chi connectivity index (χ0n) is 23.1. The maximum absolute atomic E-state index is 4.03. The summed E-state index contributed by atoms with van der Waals surface area (Å²) < 4.78 is 0. The second-order valence-electron chi connectivity index (χ2n) is 10.5. The minimum absolute atomic E-state index is 1.15. The fraction of sp³-hybridized carbons (Fsp3) is 0.0244. The van der Waals surface area contributed by atoms with Crippen molar-refractivity contribution in [3.05, 3.63) is 164 Å². The first-order chi connectivity index (χ1) is 20.3. The average Bonchev–Trinajstić information content (AvgIpc) is 3.02. The summed E-state index contributed by atoms with van der Waals surface area (Å²) in [5, 5.41) is 10.0. The Labute approximate surface area is 241 Å². The molecular formula is C41H30. The van der Waals surface area contributed by atoms with E-state index in [4.69, 9.17) is 0 Å². The van der Waals surface area contributed by atoms with Crippen molar-refractivity contribution in [3.63, 3.8) is 0 Å². The third-order valence-electron chi connectivity index (χ3n) is 8.08. The molecular weight excluding hydrogens is 492 g/mol. The Morgan fingerprint density at radius 1 is 0.537 bits per heavy atom. The lowest BCUT2D eigenvalue weighted by atomic mass is 9.82. The number of rotatable bonds is 5. The lowest BCUT2D eigenvalue weighted by molar-refractivity contribution is 1.62. The Morgan fingerprint density at radius 3 is 1.63 bits per heavy atom. The van der Waals surface area contributed by atoms with Crippen molar-refractivity contribution in [1.29, 1.82) is 0 Å². The molecule has 0 bridgehead atoms. The standard InChI is InChI=1S/C41H30/c1-3-13-29(14-4-2)38-26-31-17-7-8-18-32(31)27-39(38)41-36-21-11-9-19-34(36)40(35-20-10-12-22-37(35)41)33-24-23-28-15-5-6-16-30(28)25-33/h3-27H,1H2,2H3/b14-4-,29-13+. The lowest BCUT2D eigenvalue weighted by Gasteiger charge is -2.21. The minimum atomic E-state index is 1.15. The van der Waals surface area contributed by atoms with Gasteiger partial charge in [0, 0.05) is 0 Å². The molecule has 0 aromatic heterocycles. The van der Waals surface area contributed by atoms with E-state index in [1.807, 2.05) is 6.08 Å². The van der Waals surface area contributed by atoms with Gasteiger partial charge in [0.2, 0.25) is 0 Å². The van der Waals surface area contributed by atoms with Crippen molar-refractivity contribution in [2.75, 3.05) is 0 Å². The zero-order chi connectivity index (χ0) is 27.8. The maximum Gasteiger partial charge on any atom is -0.00199 e. The molecule has 41 heavy (non-hydrogen) atoms. The van der Waals surface area contributed by atoms with Gasteiger partial charge in [-0.2, -0.15) is 0 Å². The molecule has 0 radical (unpaired) electrons. The first-order valence-electron chi connectivity index (χ1n) is 14.2. The first-order valence-corrected chi connectivity index (χ1v) is 14.2. The Hall–Kier alpha value is -5.20. The molecule has 0 N–H and O–H groups in total. The van der Waals surface area contributed by atoms with E-state index >= 15 is 0 Å². The summed E-state index contributed by atoms with van der Waals surface area (Å²) in [5.74, 6) is 0. The second-order valence-corrected chi connectivity index (χ2v) is 10.5. The Kier molecular flexibility index (Phi) is 6.30. The van der Waals surface area contributed by atoms with Crippen LogP contribution in [0.15, 0.2) is 158 Å². The molecule has 0 heteroatoms. The van der Waals surface area contributed by atoms with Gasteiger partial charge in [0.1, 0.15) is 0 Å². The van der Waals surface area contributed by atoms with Crippen LogP contribution in [0.1, 0.15) is 12.5 Å². The lowest BCUT2D eigenvalue weighted by Crippen LogP contribution is -1.95. The van der Waals surface area contributed by atoms with E-state index in [1.54, 1.807) is 0 Å². The Bertz CT molecular complexity index is 2110. The monoisotopic (exact) mass is 522 g/mol. The number of fused-ring (bicyclic) bond motifs is 4. The molecule has 0 nitrogen and oxygen atoms in total. The number of allylic oxidation sites excluding steroid dienone is 5. The summed E-state index contributed by atoms with van der Waals surface area (Å²) >= 11 is 0. The first kappa shape index (κ1) is 24.8. The van der Waals surface area contributed by atoms with Crippen LogP contribution in [0.4, 0.5) is 0 Å². The Morgan fingerprint density at radius 2 is 1.05 bits per heavy atom. The van der Waals surface area contributed by atoms with Gasteiger partial charge in [-0.1, -0.05) is 140 Å². The van der Waals surface area contributed by atoms with Crippen LogP contribution in [-0.2, 0) is 0 Å². The van der Waals surface area contributed by atoms with E-state index < -0.39 is 0 Å². The number of hydrogen-bond acceptors (Lipinski definition) is 0. The van der Waals surface area contributed by atoms with Gasteiger partial charge in [-0.05, 0) is 102 Å². The number of benzene rings is 7. The van der Waals surface area contributed by atoms with Crippen molar-refractivity contribution >= 4 is 48.7 Å². The molecule has 194 valence electrons. The third kappa shape index (κ3) is 4.26. The molecule has 0 unspecified atom stereocenters. The summed E-state index contributed by atoms with van der Waals surface area (Å²) in [6.07, 6.45) is 8.28. The highest BCUT2D eigenvalue weighted by Gasteiger charge is 2.19. The van der Waals surface area contributed by atoms with Crippen LogP contribution in [0.2, 0.25) is 0 Å². The van der Waals surface area contributed by atoms with E-state index in [0.29, 0.717) is 0 Å². The van der Waals surface area contributed by atoms with E-state index in [1.165, 1.54) is 70.9 Å². The van der Waals surface area contributed by atoms with Crippen LogP contribution >= 0.6 is 0 Å². The van der Waals surface area contributed by atoms with Gasteiger partial charge in [0.05, 0.1) is 0 Å². The molecule has 0 aliphatic rings. The summed E-state index contributed by atoms with van der Waals surface area (Å²) in [6.45, 7) is 6.10. The summed E-state index contributed by atoms with van der Waals surface area (Å²) in [7, 11) is 0. The Balaban J connectivity index is 1.64. The molecule has 0 atom stereocenters. The van der Waals surface area contributed by atoms with Gasteiger partial charge >= 0.3 is 0 Å². The molecule has 0 saturated carbocycles. The fourth-order valence-corrected chi connectivity index (χ4v) is 6.30. The van der Waals surface area contributed by atoms with Gasteiger partial charge in [-0.15, -0.1) is 0 Å². The van der Waals surface area contributed by atoms with Gasteiger partial charge in [0.25, 0.3) is 0 Å². The van der Waals surface area contributed by atoms with Crippen molar-refractivity contribution in [1.82, 2.24) is 0 Å². The molecule has 7 aromatic rings. The van der Waals surface area contributed by atoms with Crippen molar-refractivity contribution in [3.8, 4) is 22.3 Å². The fourth-order valence-electron chi connectivity index (χ4n) is 6.30. The molecule has 0 heterocycles. The van der Waals surface area contributed by atoms with Crippen LogP contribution in [0.5, 0.6) is 0 Å². The van der Waals surface area contributed by atoms with Gasteiger partial charge in [-0.3, -0.25) is 0 Å². The van der Waals surface area contributed by atoms with Crippen molar-refractivity contribution in [2.45, 2.75) is 6.92 Å².